The van der Waals surface area contributed by atoms with E-state index in [0.29, 0.717) is 12.4 Å². The van der Waals surface area contributed by atoms with Gasteiger partial charge in [-0.15, -0.1) is 0 Å². The topological polar surface area (TPSA) is 75.4 Å². The number of carboxylic acid groups (broad SMARTS) is 1. The van der Waals surface area contributed by atoms with Crippen molar-refractivity contribution in [3.05, 3.63) is 29.7 Å². The molecule has 1 aromatic heterocycles. The molecule has 0 spiro atoms. The average molecular weight is 248 g/mol. The molecule has 1 heterocycles. The summed E-state index contributed by atoms with van der Waals surface area (Å²) in [7, 11) is 0. The molecule has 0 aliphatic carbocycles. The molecule has 0 unspecified atom stereocenters. The highest BCUT2D eigenvalue weighted by atomic mass is 16.4. The van der Waals surface area contributed by atoms with Crippen molar-refractivity contribution in [2.75, 3.05) is 0 Å². The van der Waals surface area contributed by atoms with E-state index in [1.54, 1.807) is 20.8 Å². The minimum Gasteiger partial charge on any atom is -0.480 e. The van der Waals surface area contributed by atoms with Gasteiger partial charge in [0.1, 0.15) is 11.1 Å². The number of fused-ring (bicyclic) bond motifs is 1. The number of carboxylic acids is 1. The number of nitrogens with one attached hydrogen (secondary N) is 1. The van der Waals surface area contributed by atoms with Gasteiger partial charge in [0.25, 0.3) is 0 Å². The lowest BCUT2D eigenvalue weighted by Crippen LogP contribution is -2.46. The van der Waals surface area contributed by atoms with Crippen molar-refractivity contribution in [3.63, 3.8) is 0 Å². The van der Waals surface area contributed by atoms with Gasteiger partial charge in [-0.2, -0.15) is 0 Å². The number of hydrogen-bond donors (Lipinski definition) is 2. The molecule has 0 amide bonds. The molecule has 0 atom stereocenters. The van der Waals surface area contributed by atoms with E-state index < -0.39 is 11.5 Å². The van der Waals surface area contributed by atoms with Crippen LogP contribution in [0.3, 0.4) is 0 Å². The number of nitrogens with zero attached hydrogens (tertiary/aromatic N) is 1. The Morgan fingerprint density at radius 3 is 2.89 bits per heavy atom. The number of rotatable bonds is 4. The molecule has 5 heteroatoms. The molecule has 0 radical (unpaired) electrons. The predicted molar refractivity (Wildman–Crippen MR) is 67.3 cm³/mol. The van der Waals surface area contributed by atoms with Crippen molar-refractivity contribution < 1.29 is 14.3 Å². The van der Waals surface area contributed by atoms with E-state index in [4.69, 9.17) is 9.52 Å². The maximum absolute atomic E-state index is 11.0. The highest BCUT2D eigenvalue weighted by molar-refractivity contribution is 5.77. The summed E-state index contributed by atoms with van der Waals surface area (Å²) < 4.78 is 5.38. The molecule has 1 aromatic carbocycles. The van der Waals surface area contributed by atoms with Gasteiger partial charge in [-0.05, 0) is 31.5 Å². The number of aliphatic carboxylic acids is 1. The van der Waals surface area contributed by atoms with Crippen molar-refractivity contribution in [1.82, 2.24) is 10.3 Å². The summed E-state index contributed by atoms with van der Waals surface area (Å²) in [4.78, 5) is 15.2. The number of benzene rings is 1. The minimum atomic E-state index is -0.950. The van der Waals surface area contributed by atoms with Gasteiger partial charge < -0.3 is 9.52 Å². The van der Waals surface area contributed by atoms with E-state index in [0.717, 1.165) is 16.7 Å². The normalized spacial score (nSPS) is 11.9. The van der Waals surface area contributed by atoms with E-state index in [-0.39, 0.29) is 0 Å². The molecule has 96 valence electrons. The van der Waals surface area contributed by atoms with Crippen LogP contribution in [0.4, 0.5) is 0 Å². The number of aryl methyl sites for hydroxylation is 1. The van der Waals surface area contributed by atoms with Gasteiger partial charge in [0.15, 0.2) is 11.5 Å². The monoisotopic (exact) mass is 248 g/mol. The van der Waals surface area contributed by atoms with Crippen LogP contribution in [0.1, 0.15) is 25.3 Å². The van der Waals surface area contributed by atoms with Crippen molar-refractivity contribution in [3.8, 4) is 0 Å². The fourth-order valence-corrected chi connectivity index (χ4v) is 1.60. The maximum Gasteiger partial charge on any atom is 0.323 e. The number of hydrogen-bond acceptors (Lipinski definition) is 4. The summed E-state index contributed by atoms with van der Waals surface area (Å²) in [6.07, 6.45) is 0. The molecule has 2 N–H and O–H groups in total. The van der Waals surface area contributed by atoms with Crippen LogP contribution in [0.15, 0.2) is 22.6 Å². The molecule has 0 saturated heterocycles. The molecule has 0 bridgehead atoms. The van der Waals surface area contributed by atoms with Gasteiger partial charge in [0.05, 0.1) is 0 Å². The summed E-state index contributed by atoms with van der Waals surface area (Å²) in [6, 6.07) is 5.65. The molecule has 2 rings (SSSR count). The quantitative estimate of drug-likeness (QED) is 0.866. The summed E-state index contributed by atoms with van der Waals surface area (Å²) in [5, 5.41) is 12.0. The van der Waals surface area contributed by atoms with Crippen LogP contribution in [-0.2, 0) is 11.3 Å². The van der Waals surface area contributed by atoms with E-state index in [2.05, 4.69) is 10.3 Å². The SMILES string of the molecule is Cc1nc2cc(CNC(C)(C)C(=O)O)ccc2o1. The lowest BCUT2D eigenvalue weighted by molar-refractivity contribution is -0.143. The summed E-state index contributed by atoms with van der Waals surface area (Å²) in [5.41, 5.74) is 1.56. The highest BCUT2D eigenvalue weighted by Crippen LogP contribution is 2.17. The third kappa shape index (κ3) is 2.51. The molecule has 0 aliphatic rings. The Labute approximate surface area is 105 Å². The van der Waals surface area contributed by atoms with Gasteiger partial charge in [-0.25, -0.2) is 4.98 Å². The van der Waals surface area contributed by atoms with Crippen LogP contribution in [0.25, 0.3) is 11.1 Å². The van der Waals surface area contributed by atoms with Gasteiger partial charge in [0, 0.05) is 13.5 Å². The first-order chi connectivity index (χ1) is 8.38. The van der Waals surface area contributed by atoms with E-state index in [1.165, 1.54) is 0 Å². The molecule has 2 aromatic rings. The Hall–Kier alpha value is -1.88. The van der Waals surface area contributed by atoms with Crippen LogP contribution < -0.4 is 5.32 Å². The zero-order valence-corrected chi connectivity index (χ0v) is 10.7. The van der Waals surface area contributed by atoms with Crippen LogP contribution in [0.2, 0.25) is 0 Å². The molecule has 18 heavy (non-hydrogen) atoms. The minimum absolute atomic E-state index is 0.473. The Morgan fingerprint density at radius 2 is 2.22 bits per heavy atom. The lowest BCUT2D eigenvalue weighted by Gasteiger charge is -2.20. The first kappa shape index (κ1) is 12.6. The fraction of sp³-hybridized carbons (Fsp3) is 0.385. The van der Waals surface area contributed by atoms with Crippen molar-refractivity contribution >= 4 is 17.1 Å². The molecule has 5 nitrogen and oxygen atoms in total. The molecular weight excluding hydrogens is 232 g/mol. The van der Waals surface area contributed by atoms with Gasteiger partial charge in [-0.3, -0.25) is 10.1 Å². The van der Waals surface area contributed by atoms with Crippen molar-refractivity contribution in [2.24, 2.45) is 0 Å². The predicted octanol–water partition coefficient (Wildman–Crippen LogP) is 2.09. The lowest BCUT2D eigenvalue weighted by atomic mass is 10.1. The number of carbonyl (C=O) groups is 1. The van der Waals surface area contributed by atoms with Crippen molar-refractivity contribution in [2.45, 2.75) is 32.9 Å². The zero-order valence-electron chi connectivity index (χ0n) is 10.7. The largest absolute Gasteiger partial charge is 0.480 e. The standard InChI is InChI=1S/C13H16N2O3/c1-8-15-10-6-9(4-5-11(10)18-8)7-14-13(2,3)12(16)17/h4-6,14H,7H2,1-3H3,(H,16,17). The molecule has 0 fully saturated rings. The Bertz CT molecular complexity index is 587. The van der Waals surface area contributed by atoms with Gasteiger partial charge in [-0.1, -0.05) is 6.07 Å². The van der Waals surface area contributed by atoms with Crippen LogP contribution in [0.5, 0.6) is 0 Å². The second-order valence-electron chi connectivity index (χ2n) is 4.82. The van der Waals surface area contributed by atoms with Crippen LogP contribution >= 0.6 is 0 Å². The first-order valence-electron chi connectivity index (χ1n) is 5.73. The first-order valence-corrected chi connectivity index (χ1v) is 5.73. The summed E-state index contributed by atoms with van der Waals surface area (Å²) in [5.74, 6) is -0.248. The number of oxazole rings is 1. The summed E-state index contributed by atoms with van der Waals surface area (Å²) in [6.45, 7) is 5.54. The second-order valence-corrected chi connectivity index (χ2v) is 4.82. The van der Waals surface area contributed by atoms with Gasteiger partial charge in [0.2, 0.25) is 0 Å². The zero-order chi connectivity index (χ0) is 13.3. The molecular formula is C13H16N2O3. The Kier molecular flexibility index (Phi) is 3.09. The third-order valence-electron chi connectivity index (χ3n) is 2.83. The number of aromatic nitrogens is 1. The van der Waals surface area contributed by atoms with Crippen LogP contribution in [0, 0.1) is 6.92 Å². The van der Waals surface area contributed by atoms with Gasteiger partial charge >= 0.3 is 5.97 Å². The third-order valence-corrected chi connectivity index (χ3v) is 2.83. The summed E-state index contributed by atoms with van der Waals surface area (Å²) >= 11 is 0. The van der Waals surface area contributed by atoms with Crippen LogP contribution in [-0.4, -0.2) is 21.6 Å². The fourth-order valence-electron chi connectivity index (χ4n) is 1.60. The average Bonchev–Trinajstić information content (AvgIpc) is 2.65. The molecule has 0 aliphatic heterocycles. The maximum atomic E-state index is 11.0. The second kappa shape index (κ2) is 4.42. The Balaban J connectivity index is 2.15. The Morgan fingerprint density at radius 1 is 1.50 bits per heavy atom. The highest BCUT2D eigenvalue weighted by Gasteiger charge is 2.25. The van der Waals surface area contributed by atoms with Crippen molar-refractivity contribution in [1.29, 1.82) is 0 Å². The van der Waals surface area contributed by atoms with E-state index >= 15 is 0 Å². The van der Waals surface area contributed by atoms with E-state index in [1.807, 2.05) is 18.2 Å². The van der Waals surface area contributed by atoms with E-state index in [9.17, 15) is 4.79 Å². The smallest absolute Gasteiger partial charge is 0.323 e. The molecule has 0 saturated carbocycles.